The van der Waals surface area contributed by atoms with Crippen molar-refractivity contribution in [2.75, 3.05) is 26.0 Å². The average molecular weight is 270 g/mol. The molecule has 0 aliphatic heterocycles. The molecule has 0 aliphatic rings. The second-order valence-corrected chi connectivity index (χ2v) is 4.66. The predicted octanol–water partition coefficient (Wildman–Crippen LogP) is 0.925. The molecular formula is C13H19FN2O3. The zero-order valence-electron chi connectivity index (χ0n) is 11.1. The summed E-state index contributed by atoms with van der Waals surface area (Å²) in [5.74, 6) is -1.10. The third-order valence-electron chi connectivity index (χ3n) is 2.74. The second kappa shape index (κ2) is 6.49. The Labute approximate surface area is 111 Å². The Bertz CT molecular complexity index is 450. The minimum Gasteiger partial charge on any atom is -0.396 e. The van der Waals surface area contributed by atoms with Crippen molar-refractivity contribution in [1.29, 1.82) is 0 Å². The smallest absolute Gasteiger partial charge is 0.251 e. The van der Waals surface area contributed by atoms with Crippen LogP contribution in [0.1, 0.15) is 23.7 Å². The number of benzene rings is 1. The van der Waals surface area contributed by atoms with Crippen molar-refractivity contribution >= 4 is 11.6 Å². The molecule has 4 N–H and O–H groups in total. The number of methoxy groups -OCH3 is 1. The predicted molar refractivity (Wildman–Crippen MR) is 70.3 cm³/mol. The Morgan fingerprint density at radius 3 is 2.84 bits per heavy atom. The zero-order valence-corrected chi connectivity index (χ0v) is 11.1. The van der Waals surface area contributed by atoms with Gasteiger partial charge in [-0.15, -0.1) is 0 Å². The summed E-state index contributed by atoms with van der Waals surface area (Å²) in [7, 11) is 1.53. The summed E-state index contributed by atoms with van der Waals surface area (Å²) in [6.07, 6.45) is 0.389. The SMILES string of the molecule is COCCC(C)(O)CNC(=O)c1ccc(N)c(F)c1. The van der Waals surface area contributed by atoms with Crippen LogP contribution in [0.3, 0.4) is 0 Å². The molecule has 1 aromatic carbocycles. The number of hydrogen-bond donors (Lipinski definition) is 3. The first kappa shape index (κ1) is 15.4. The van der Waals surface area contributed by atoms with Gasteiger partial charge < -0.3 is 20.9 Å². The molecular weight excluding hydrogens is 251 g/mol. The van der Waals surface area contributed by atoms with Crippen molar-refractivity contribution < 1.29 is 19.0 Å². The second-order valence-electron chi connectivity index (χ2n) is 4.66. The molecule has 106 valence electrons. The maximum Gasteiger partial charge on any atom is 0.251 e. The van der Waals surface area contributed by atoms with Crippen molar-refractivity contribution in [3.8, 4) is 0 Å². The summed E-state index contributed by atoms with van der Waals surface area (Å²) in [6, 6.07) is 3.82. The van der Waals surface area contributed by atoms with Crippen LogP contribution in [0.25, 0.3) is 0 Å². The molecule has 1 aromatic rings. The van der Waals surface area contributed by atoms with Gasteiger partial charge in [-0.2, -0.15) is 0 Å². The van der Waals surface area contributed by atoms with E-state index in [9.17, 15) is 14.3 Å². The van der Waals surface area contributed by atoms with Gasteiger partial charge in [-0.05, 0) is 25.1 Å². The number of ether oxygens (including phenoxy) is 1. The van der Waals surface area contributed by atoms with E-state index in [4.69, 9.17) is 10.5 Å². The lowest BCUT2D eigenvalue weighted by Gasteiger charge is -2.23. The maximum atomic E-state index is 13.2. The van der Waals surface area contributed by atoms with Crippen LogP contribution in [0.15, 0.2) is 18.2 Å². The first-order valence-electron chi connectivity index (χ1n) is 5.90. The van der Waals surface area contributed by atoms with Gasteiger partial charge in [0.15, 0.2) is 0 Å². The quantitative estimate of drug-likeness (QED) is 0.671. The third-order valence-corrected chi connectivity index (χ3v) is 2.74. The number of carbonyl (C=O) groups is 1. The van der Waals surface area contributed by atoms with E-state index in [0.29, 0.717) is 13.0 Å². The molecule has 0 fully saturated rings. The lowest BCUT2D eigenvalue weighted by Crippen LogP contribution is -2.41. The molecule has 1 unspecified atom stereocenters. The lowest BCUT2D eigenvalue weighted by molar-refractivity contribution is 0.0243. The summed E-state index contributed by atoms with van der Waals surface area (Å²) >= 11 is 0. The number of rotatable bonds is 6. The highest BCUT2D eigenvalue weighted by molar-refractivity contribution is 5.94. The molecule has 0 bridgehead atoms. The number of amides is 1. The molecule has 0 radical (unpaired) electrons. The molecule has 5 nitrogen and oxygen atoms in total. The molecule has 0 spiro atoms. The van der Waals surface area contributed by atoms with E-state index in [1.54, 1.807) is 6.92 Å². The van der Waals surface area contributed by atoms with Gasteiger partial charge in [0.2, 0.25) is 0 Å². The van der Waals surface area contributed by atoms with Gasteiger partial charge in [-0.1, -0.05) is 0 Å². The Hall–Kier alpha value is -1.66. The number of aliphatic hydroxyl groups is 1. The van der Waals surface area contributed by atoms with Gasteiger partial charge in [0.05, 0.1) is 11.3 Å². The van der Waals surface area contributed by atoms with Gasteiger partial charge in [-0.3, -0.25) is 4.79 Å². The van der Waals surface area contributed by atoms with Gasteiger partial charge in [-0.25, -0.2) is 4.39 Å². The van der Waals surface area contributed by atoms with E-state index in [1.807, 2.05) is 0 Å². The Morgan fingerprint density at radius 2 is 2.26 bits per heavy atom. The lowest BCUT2D eigenvalue weighted by atomic mass is 10.0. The van der Waals surface area contributed by atoms with E-state index in [0.717, 1.165) is 6.07 Å². The monoisotopic (exact) mass is 270 g/mol. The van der Waals surface area contributed by atoms with E-state index in [1.165, 1.54) is 19.2 Å². The topological polar surface area (TPSA) is 84.6 Å². The zero-order chi connectivity index (χ0) is 14.5. The molecule has 1 amide bonds. The Balaban J connectivity index is 2.57. The first-order valence-corrected chi connectivity index (χ1v) is 5.90. The molecule has 0 saturated carbocycles. The minimum atomic E-state index is -1.07. The van der Waals surface area contributed by atoms with Crippen molar-refractivity contribution in [3.05, 3.63) is 29.6 Å². The highest BCUT2D eigenvalue weighted by Gasteiger charge is 2.21. The number of nitrogen functional groups attached to an aromatic ring is 1. The van der Waals surface area contributed by atoms with E-state index < -0.39 is 17.3 Å². The molecule has 6 heteroatoms. The summed E-state index contributed by atoms with van der Waals surface area (Å²) in [5, 5.41) is 12.5. The number of halogens is 1. The van der Waals surface area contributed by atoms with Crippen LogP contribution < -0.4 is 11.1 Å². The number of nitrogens with two attached hydrogens (primary N) is 1. The van der Waals surface area contributed by atoms with Crippen LogP contribution in [0.2, 0.25) is 0 Å². The highest BCUT2D eigenvalue weighted by atomic mass is 19.1. The number of nitrogens with one attached hydrogen (secondary N) is 1. The van der Waals surface area contributed by atoms with Gasteiger partial charge in [0.25, 0.3) is 5.91 Å². The molecule has 0 saturated heterocycles. The number of anilines is 1. The van der Waals surface area contributed by atoms with Crippen LogP contribution in [-0.4, -0.2) is 36.9 Å². The molecule has 0 heterocycles. The largest absolute Gasteiger partial charge is 0.396 e. The standard InChI is InChI=1S/C13H19FN2O3/c1-13(18,5-6-19-2)8-16-12(17)9-3-4-11(15)10(14)7-9/h3-4,7,18H,5-6,8,15H2,1-2H3,(H,16,17). The Morgan fingerprint density at radius 1 is 1.58 bits per heavy atom. The summed E-state index contributed by atoms with van der Waals surface area (Å²) in [4.78, 5) is 11.8. The van der Waals surface area contributed by atoms with Gasteiger partial charge >= 0.3 is 0 Å². The van der Waals surface area contributed by atoms with Crippen molar-refractivity contribution in [3.63, 3.8) is 0 Å². The van der Waals surface area contributed by atoms with Crippen LogP contribution >= 0.6 is 0 Å². The summed E-state index contributed by atoms with van der Waals surface area (Å²) in [6.45, 7) is 2.04. The minimum absolute atomic E-state index is 0.0105. The third kappa shape index (κ3) is 4.84. The maximum absolute atomic E-state index is 13.2. The number of hydrogen-bond acceptors (Lipinski definition) is 4. The first-order chi connectivity index (χ1) is 8.85. The summed E-state index contributed by atoms with van der Waals surface area (Å²) < 4.78 is 18.1. The van der Waals surface area contributed by atoms with E-state index >= 15 is 0 Å². The van der Waals surface area contributed by atoms with Crippen LogP contribution in [-0.2, 0) is 4.74 Å². The van der Waals surface area contributed by atoms with Crippen LogP contribution in [0.5, 0.6) is 0 Å². The van der Waals surface area contributed by atoms with E-state index in [-0.39, 0.29) is 17.8 Å². The molecule has 19 heavy (non-hydrogen) atoms. The molecule has 1 rings (SSSR count). The molecule has 1 atom stereocenters. The van der Waals surface area contributed by atoms with Gasteiger partial charge in [0, 0.05) is 32.2 Å². The van der Waals surface area contributed by atoms with Gasteiger partial charge in [0.1, 0.15) is 5.82 Å². The fourth-order valence-electron chi connectivity index (χ4n) is 1.45. The molecule has 0 aromatic heterocycles. The molecule has 0 aliphatic carbocycles. The van der Waals surface area contributed by atoms with E-state index in [2.05, 4.69) is 5.32 Å². The average Bonchev–Trinajstić information content (AvgIpc) is 2.37. The van der Waals surface area contributed by atoms with Crippen LogP contribution in [0, 0.1) is 5.82 Å². The number of carbonyl (C=O) groups excluding carboxylic acids is 1. The van der Waals surface area contributed by atoms with Crippen molar-refractivity contribution in [2.24, 2.45) is 0 Å². The summed E-state index contributed by atoms with van der Waals surface area (Å²) in [5.41, 5.74) is 4.41. The highest BCUT2D eigenvalue weighted by Crippen LogP contribution is 2.12. The fraction of sp³-hybridized carbons (Fsp3) is 0.462. The Kier molecular flexibility index (Phi) is 5.26. The van der Waals surface area contributed by atoms with Crippen molar-refractivity contribution in [2.45, 2.75) is 18.9 Å². The fourth-order valence-corrected chi connectivity index (χ4v) is 1.45. The van der Waals surface area contributed by atoms with Crippen LogP contribution in [0.4, 0.5) is 10.1 Å². The van der Waals surface area contributed by atoms with Crippen molar-refractivity contribution in [1.82, 2.24) is 5.32 Å². The normalized spacial score (nSPS) is 13.9.